The number of carbonyl (C=O) groups is 2. The van der Waals surface area contributed by atoms with Gasteiger partial charge >= 0.3 is 0 Å². The highest BCUT2D eigenvalue weighted by Crippen LogP contribution is 2.39. The van der Waals surface area contributed by atoms with Gasteiger partial charge in [-0.2, -0.15) is 0 Å². The zero-order chi connectivity index (χ0) is 35.6. The third-order valence-electron chi connectivity index (χ3n) is 9.07. The van der Waals surface area contributed by atoms with Gasteiger partial charge in [-0.1, -0.05) is 77.9 Å². The van der Waals surface area contributed by atoms with Crippen LogP contribution in [0.5, 0.6) is 11.5 Å². The molecule has 0 heterocycles. The molecular formula is C37H39F5N2O4. The lowest BCUT2D eigenvalue weighted by atomic mass is 9.76. The van der Waals surface area contributed by atoms with Crippen molar-refractivity contribution in [3.05, 3.63) is 99.9 Å². The monoisotopic (exact) mass is 670 g/mol. The summed E-state index contributed by atoms with van der Waals surface area (Å²) >= 11 is 0. The van der Waals surface area contributed by atoms with Crippen LogP contribution in [0, 0.1) is 29.1 Å². The van der Waals surface area contributed by atoms with E-state index in [2.05, 4.69) is 64.3 Å². The van der Waals surface area contributed by atoms with Crippen molar-refractivity contribution in [3.63, 3.8) is 0 Å². The SMILES string of the molecule is CCC(C)(C)c1ccc(OCCCNC(=O)c2cc(NC(=O)c3c(F)c(F)c(F)c(F)c3F)c3ccccc3c2O)c(C(C)(C)CC)c1. The fourth-order valence-corrected chi connectivity index (χ4v) is 5.18. The van der Waals surface area contributed by atoms with Gasteiger partial charge in [-0.15, -0.1) is 0 Å². The zero-order valence-corrected chi connectivity index (χ0v) is 27.7. The normalized spacial score (nSPS) is 11.9. The van der Waals surface area contributed by atoms with Gasteiger partial charge in [0.2, 0.25) is 5.82 Å². The van der Waals surface area contributed by atoms with E-state index >= 15 is 0 Å². The molecular weight excluding hydrogens is 631 g/mol. The van der Waals surface area contributed by atoms with Gasteiger partial charge in [0.25, 0.3) is 11.8 Å². The summed E-state index contributed by atoms with van der Waals surface area (Å²) in [5, 5.41) is 16.0. The smallest absolute Gasteiger partial charge is 0.261 e. The van der Waals surface area contributed by atoms with Crippen molar-refractivity contribution in [1.82, 2.24) is 5.32 Å². The fraction of sp³-hybridized carbons (Fsp3) is 0.351. The molecule has 0 fully saturated rings. The summed E-state index contributed by atoms with van der Waals surface area (Å²) in [5.74, 6) is -13.6. The second-order valence-electron chi connectivity index (χ2n) is 12.9. The van der Waals surface area contributed by atoms with Crippen molar-refractivity contribution in [2.24, 2.45) is 0 Å². The molecule has 48 heavy (non-hydrogen) atoms. The lowest BCUT2D eigenvalue weighted by molar-refractivity contribution is 0.0947. The van der Waals surface area contributed by atoms with E-state index in [1.165, 1.54) is 23.8 Å². The third kappa shape index (κ3) is 7.10. The summed E-state index contributed by atoms with van der Waals surface area (Å²) < 4.78 is 75.9. The summed E-state index contributed by atoms with van der Waals surface area (Å²) in [6.45, 7) is 13.4. The Morgan fingerprint density at radius 1 is 0.771 bits per heavy atom. The molecule has 0 saturated carbocycles. The van der Waals surface area contributed by atoms with E-state index in [0.717, 1.165) is 30.2 Å². The van der Waals surface area contributed by atoms with Crippen molar-refractivity contribution in [2.45, 2.75) is 71.6 Å². The van der Waals surface area contributed by atoms with Crippen LogP contribution in [0.4, 0.5) is 27.6 Å². The van der Waals surface area contributed by atoms with Crippen LogP contribution in [0.15, 0.2) is 48.5 Å². The zero-order valence-electron chi connectivity index (χ0n) is 27.7. The molecule has 256 valence electrons. The Labute approximate surface area is 276 Å². The van der Waals surface area contributed by atoms with E-state index < -0.39 is 52.2 Å². The average Bonchev–Trinajstić information content (AvgIpc) is 3.07. The molecule has 0 bridgehead atoms. The number of nitrogens with one attached hydrogen (secondary N) is 2. The number of fused-ring (bicyclic) bond motifs is 1. The average molecular weight is 671 g/mol. The van der Waals surface area contributed by atoms with Gasteiger partial charge in [-0.05, 0) is 47.8 Å². The maximum absolute atomic E-state index is 14.3. The molecule has 0 aromatic heterocycles. The van der Waals surface area contributed by atoms with Crippen LogP contribution in [-0.4, -0.2) is 30.1 Å². The summed E-state index contributed by atoms with van der Waals surface area (Å²) in [6, 6.07) is 13.3. The van der Waals surface area contributed by atoms with Gasteiger partial charge in [-0.25, -0.2) is 22.0 Å². The number of aromatic hydroxyl groups is 1. The first-order valence-electron chi connectivity index (χ1n) is 15.7. The van der Waals surface area contributed by atoms with Gasteiger partial charge in [-0.3, -0.25) is 9.59 Å². The number of halogens is 5. The Balaban J connectivity index is 1.51. The maximum atomic E-state index is 14.3. The molecule has 4 aromatic carbocycles. The molecule has 0 aliphatic rings. The number of phenolic OH excluding ortho intramolecular Hbond substituents is 1. The Hall–Kier alpha value is -4.67. The Bertz CT molecular complexity index is 1840. The highest BCUT2D eigenvalue weighted by atomic mass is 19.2. The van der Waals surface area contributed by atoms with Gasteiger partial charge in [0.1, 0.15) is 17.1 Å². The standard InChI is InChI=1S/C37H39F5N2O4/c1-7-36(3,4)20-14-15-26(24(18-20)37(5,6)8-2)48-17-11-16-43-34(46)23-19-25(21-12-9-10-13-22(21)33(23)45)44-35(47)27-28(38)30(40)32(42)31(41)29(27)39/h9-10,12-15,18-19,45H,7-8,11,16-17H2,1-6H3,(H,43,46)(H,44,47). The molecule has 0 aliphatic carbocycles. The number of phenols is 1. The van der Waals surface area contributed by atoms with Crippen molar-refractivity contribution in [2.75, 3.05) is 18.5 Å². The second-order valence-corrected chi connectivity index (χ2v) is 12.9. The van der Waals surface area contributed by atoms with E-state index in [1.54, 1.807) is 6.07 Å². The van der Waals surface area contributed by atoms with Crippen molar-refractivity contribution in [1.29, 1.82) is 0 Å². The van der Waals surface area contributed by atoms with Crippen molar-refractivity contribution < 1.29 is 41.4 Å². The van der Waals surface area contributed by atoms with E-state index in [1.807, 2.05) is 6.07 Å². The predicted molar refractivity (Wildman–Crippen MR) is 175 cm³/mol. The second kappa shape index (κ2) is 14.2. The molecule has 0 unspecified atom stereocenters. The Morgan fingerprint density at radius 2 is 1.35 bits per heavy atom. The largest absolute Gasteiger partial charge is 0.506 e. The summed E-state index contributed by atoms with van der Waals surface area (Å²) in [6.07, 6.45) is 2.28. The third-order valence-corrected chi connectivity index (χ3v) is 9.07. The minimum Gasteiger partial charge on any atom is -0.506 e. The van der Waals surface area contributed by atoms with Crippen LogP contribution in [0.2, 0.25) is 0 Å². The molecule has 4 rings (SSSR count). The minimum atomic E-state index is -2.40. The molecule has 0 saturated heterocycles. The first-order valence-corrected chi connectivity index (χ1v) is 15.7. The number of rotatable bonds is 12. The van der Waals surface area contributed by atoms with Crippen molar-refractivity contribution in [3.8, 4) is 11.5 Å². The summed E-state index contributed by atoms with van der Waals surface area (Å²) in [7, 11) is 0. The van der Waals surface area contributed by atoms with Crippen LogP contribution in [0.25, 0.3) is 10.8 Å². The van der Waals surface area contributed by atoms with Crippen LogP contribution in [0.3, 0.4) is 0 Å². The van der Waals surface area contributed by atoms with Gasteiger partial charge in [0.05, 0.1) is 12.2 Å². The van der Waals surface area contributed by atoms with E-state index in [4.69, 9.17) is 4.74 Å². The highest BCUT2D eigenvalue weighted by molar-refractivity contribution is 6.13. The molecule has 6 nitrogen and oxygen atoms in total. The first-order chi connectivity index (χ1) is 22.5. The van der Waals surface area contributed by atoms with Crippen molar-refractivity contribution >= 4 is 28.3 Å². The highest BCUT2D eigenvalue weighted by Gasteiger charge is 2.31. The molecule has 0 radical (unpaired) electrons. The molecule has 11 heteroatoms. The molecule has 0 spiro atoms. The minimum absolute atomic E-state index is 0.00155. The topological polar surface area (TPSA) is 87.7 Å². The molecule has 0 atom stereocenters. The van der Waals surface area contributed by atoms with Gasteiger partial charge < -0.3 is 20.5 Å². The number of carbonyl (C=O) groups excluding carboxylic acids is 2. The van der Waals surface area contributed by atoms with Gasteiger partial charge in [0.15, 0.2) is 23.3 Å². The van der Waals surface area contributed by atoms with Gasteiger partial charge in [0, 0.05) is 28.6 Å². The number of ether oxygens (including phenoxy) is 1. The molecule has 4 aromatic rings. The number of anilines is 1. The summed E-state index contributed by atoms with van der Waals surface area (Å²) in [4.78, 5) is 26.0. The molecule has 2 amide bonds. The van der Waals surface area contributed by atoms with Crippen LogP contribution in [0.1, 0.15) is 92.6 Å². The summed E-state index contributed by atoms with van der Waals surface area (Å²) in [5.41, 5.74) is -0.00469. The molecule has 3 N–H and O–H groups in total. The Kier molecular flexibility index (Phi) is 10.7. The Morgan fingerprint density at radius 3 is 1.96 bits per heavy atom. The number of hydrogen-bond donors (Lipinski definition) is 3. The fourth-order valence-electron chi connectivity index (χ4n) is 5.18. The van der Waals surface area contributed by atoms with Crippen LogP contribution >= 0.6 is 0 Å². The van der Waals surface area contributed by atoms with E-state index in [-0.39, 0.29) is 46.0 Å². The van der Waals surface area contributed by atoms with Crippen LogP contribution in [-0.2, 0) is 10.8 Å². The number of benzene rings is 4. The van der Waals surface area contributed by atoms with E-state index in [0.29, 0.717) is 6.42 Å². The maximum Gasteiger partial charge on any atom is 0.261 e. The first kappa shape index (κ1) is 36.2. The lowest BCUT2D eigenvalue weighted by Gasteiger charge is -2.30. The lowest BCUT2D eigenvalue weighted by Crippen LogP contribution is -2.26. The van der Waals surface area contributed by atoms with Crippen LogP contribution < -0.4 is 15.4 Å². The number of amides is 2. The quantitative estimate of drug-likeness (QED) is 0.0462. The predicted octanol–water partition coefficient (Wildman–Crippen LogP) is 9.07. The molecule has 0 aliphatic heterocycles. The van der Waals surface area contributed by atoms with E-state index in [9.17, 15) is 36.6 Å². The number of hydrogen-bond acceptors (Lipinski definition) is 4.